The van der Waals surface area contributed by atoms with E-state index in [1.807, 2.05) is 6.07 Å². The standard InChI is InChI=1S/C10H13ClN2O/c11-10-2-1-8(5-12-10)6-13-4-3-9(14)7-13/h1-2,5,9,14H,3-4,6-7H2. The molecule has 0 saturated carbocycles. The Hall–Kier alpha value is -0.640. The summed E-state index contributed by atoms with van der Waals surface area (Å²) in [5.74, 6) is 0. The molecule has 0 aromatic carbocycles. The van der Waals surface area contributed by atoms with Gasteiger partial charge in [0.05, 0.1) is 6.10 Å². The van der Waals surface area contributed by atoms with Crippen molar-refractivity contribution < 1.29 is 5.11 Å². The van der Waals surface area contributed by atoms with E-state index in [0.717, 1.165) is 31.6 Å². The Balaban J connectivity index is 1.94. The highest BCUT2D eigenvalue weighted by Gasteiger charge is 2.19. The smallest absolute Gasteiger partial charge is 0.129 e. The molecule has 2 rings (SSSR count). The highest BCUT2D eigenvalue weighted by molar-refractivity contribution is 6.29. The van der Waals surface area contributed by atoms with Crippen LogP contribution in [0.15, 0.2) is 18.3 Å². The second kappa shape index (κ2) is 4.26. The van der Waals surface area contributed by atoms with Crippen molar-refractivity contribution in [3.05, 3.63) is 29.0 Å². The number of rotatable bonds is 2. The van der Waals surface area contributed by atoms with Gasteiger partial charge >= 0.3 is 0 Å². The molecule has 1 aliphatic rings. The zero-order chi connectivity index (χ0) is 9.97. The molecule has 76 valence electrons. The van der Waals surface area contributed by atoms with E-state index in [9.17, 15) is 5.11 Å². The summed E-state index contributed by atoms with van der Waals surface area (Å²) in [4.78, 5) is 6.23. The van der Waals surface area contributed by atoms with Crippen LogP contribution in [-0.4, -0.2) is 34.2 Å². The largest absolute Gasteiger partial charge is 0.392 e. The fourth-order valence-corrected chi connectivity index (χ4v) is 1.83. The first kappa shape index (κ1) is 9.90. The number of aromatic nitrogens is 1. The molecular weight excluding hydrogens is 200 g/mol. The van der Waals surface area contributed by atoms with E-state index in [1.54, 1.807) is 12.3 Å². The van der Waals surface area contributed by atoms with Crippen molar-refractivity contribution in [3.8, 4) is 0 Å². The molecule has 1 N–H and O–H groups in total. The quantitative estimate of drug-likeness (QED) is 0.751. The molecule has 1 aliphatic heterocycles. The summed E-state index contributed by atoms with van der Waals surface area (Å²) in [6.07, 6.45) is 2.50. The molecule has 1 saturated heterocycles. The molecule has 2 heterocycles. The van der Waals surface area contributed by atoms with Crippen molar-refractivity contribution in [3.63, 3.8) is 0 Å². The maximum absolute atomic E-state index is 9.34. The van der Waals surface area contributed by atoms with Crippen LogP contribution in [0.3, 0.4) is 0 Å². The lowest BCUT2D eigenvalue weighted by Gasteiger charge is -2.14. The number of likely N-dealkylation sites (tertiary alicyclic amines) is 1. The van der Waals surface area contributed by atoms with Crippen molar-refractivity contribution >= 4 is 11.6 Å². The Morgan fingerprint density at radius 2 is 2.43 bits per heavy atom. The number of aliphatic hydroxyl groups excluding tert-OH is 1. The van der Waals surface area contributed by atoms with Gasteiger partial charge in [-0.1, -0.05) is 17.7 Å². The summed E-state index contributed by atoms with van der Waals surface area (Å²) in [5.41, 5.74) is 1.14. The summed E-state index contributed by atoms with van der Waals surface area (Å²) in [7, 11) is 0. The van der Waals surface area contributed by atoms with Crippen LogP contribution < -0.4 is 0 Å². The number of hydrogen-bond acceptors (Lipinski definition) is 3. The highest BCUT2D eigenvalue weighted by atomic mass is 35.5. The SMILES string of the molecule is OC1CCN(Cc2ccc(Cl)nc2)C1. The first-order valence-corrected chi connectivity index (χ1v) is 5.13. The van der Waals surface area contributed by atoms with Gasteiger partial charge in [-0.2, -0.15) is 0 Å². The lowest BCUT2D eigenvalue weighted by Crippen LogP contribution is -2.21. The molecule has 1 fully saturated rings. The number of nitrogens with zero attached hydrogens (tertiary/aromatic N) is 2. The van der Waals surface area contributed by atoms with Crippen LogP contribution in [0, 0.1) is 0 Å². The fraction of sp³-hybridized carbons (Fsp3) is 0.500. The van der Waals surface area contributed by atoms with Crippen molar-refractivity contribution in [2.75, 3.05) is 13.1 Å². The summed E-state index contributed by atoms with van der Waals surface area (Å²) in [6.45, 7) is 2.58. The van der Waals surface area contributed by atoms with E-state index < -0.39 is 0 Å². The average molecular weight is 213 g/mol. The average Bonchev–Trinajstić information content (AvgIpc) is 2.56. The lowest BCUT2D eigenvalue weighted by molar-refractivity contribution is 0.175. The van der Waals surface area contributed by atoms with Gasteiger partial charge in [0.1, 0.15) is 5.15 Å². The molecule has 0 radical (unpaired) electrons. The van der Waals surface area contributed by atoms with Gasteiger partial charge in [-0.3, -0.25) is 4.90 Å². The molecule has 1 aromatic rings. The van der Waals surface area contributed by atoms with E-state index in [-0.39, 0.29) is 6.10 Å². The first-order valence-electron chi connectivity index (χ1n) is 4.75. The zero-order valence-electron chi connectivity index (χ0n) is 7.86. The number of pyridine rings is 1. The minimum atomic E-state index is -0.157. The number of halogens is 1. The summed E-state index contributed by atoms with van der Waals surface area (Å²) in [5, 5.41) is 9.87. The van der Waals surface area contributed by atoms with Crippen molar-refractivity contribution in [2.45, 2.75) is 19.1 Å². The normalized spacial score (nSPS) is 22.9. The molecule has 14 heavy (non-hydrogen) atoms. The van der Waals surface area contributed by atoms with Crippen LogP contribution >= 0.6 is 11.6 Å². The molecule has 3 nitrogen and oxygen atoms in total. The van der Waals surface area contributed by atoms with Gasteiger partial charge < -0.3 is 5.11 Å². The molecule has 0 spiro atoms. The van der Waals surface area contributed by atoms with E-state index in [1.165, 1.54) is 0 Å². The maximum atomic E-state index is 9.34. The van der Waals surface area contributed by atoms with Gasteiger partial charge in [0.2, 0.25) is 0 Å². The molecule has 1 unspecified atom stereocenters. The topological polar surface area (TPSA) is 36.4 Å². The molecule has 1 atom stereocenters. The van der Waals surface area contributed by atoms with Crippen LogP contribution in [0.5, 0.6) is 0 Å². The monoisotopic (exact) mass is 212 g/mol. The highest BCUT2D eigenvalue weighted by Crippen LogP contribution is 2.13. The van der Waals surface area contributed by atoms with Gasteiger partial charge in [0, 0.05) is 25.8 Å². The summed E-state index contributed by atoms with van der Waals surface area (Å²) >= 11 is 5.69. The number of aliphatic hydroxyl groups is 1. The third-order valence-electron chi connectivity index (χ3n) is 2.44. The third kappa shape index (κ3) is 2.44. The van der Waals surface area contributed by atoms with Gasteiger partial charge in [-0.05, 0) is 18.1 Å². The van der Waals surface area contributed by atoms with E-state index in [2.05, 4.69) is 9.88 Å². The minimum Gasteiger partial charge on any atom is -0.392 e. The van der Waals surface area contributed by atoms with Gasteiger partial charge in [0.25, 0.3) is 0 Å². The van der Waals surface area contributed by atoms with Crippen LogP contribution in [0.25, 0.3) is 0 Å². The zero-order valence-corrected chi connectivity index (χ0v) is 8.61. The second-order valence-electron chi connectivity index (χ2n) is 3.67. The lowest BCUT2D eigenvalue weighted by atomic mass is 10.3. The van der Waals surface area contributed by atoms with Crippen molar-refractivity contribution in [2.24, 2.45) is 0 Å². The molecular formula is C10H13ClN2O. The van der Waals surface area contributed by atoms with Gasteiger partial charge in [0.15, 0.2) is 0 Å². The first-order chi connectivity index (χ1) is 6.74. The molecule has 0 amide bonds. The number of hydrogen-bond donors (Lipinski definition) is 1. The Bertz CT molecular complexity index is 301. The van der Waals surface area contributed by atoms with E-state index >= 15 is 0 Å². The van der Waals surface area contributed by atoms with Gasteiger partial charge in [-0.15, -0.1) is 0 Å². The van der Waals surface area contributed by atoms with Crippen LogP contribution in [0.4, 0.5) is 0 Å². The van der Waals surface area contributed by atoms with Crippen molar-refractivity contribution in [1.82, 2.24) is 9.88 Å². The Morgan fingerprint density at radius 3 is 3.00 bits per heavy atom. The van der Waals surface area contributed by atoms with Crippen LogP contribution in [0.1, 0.15) is 12.0 Å². The summed E-state index contributed by atoms with van der Waals surface area (Å²) in [6, 6.07) is 3.77. The molecule has 0 bridgehead atoms. The van der Waals surface area contributed by atoms with Crippen LogP contribution in [-0.2, 0) is 6.54 Å². The molecule has 0 aliphatic carbocycles. The van der Waals surface area contributed by atoms with Gasteiger partial charge in [-0.25, -0.2) is 4.98 Å². The molecule has 1 aromatic heterocycles. The summed E-state index contributed by atoms with van der Waals surface area (Å²) < 4.78 is 0. The maximum Gasteiger partial charge on any atom is 0.129 e. The van der Waals surface area contributed by atoms with E-state index in [0.29, 0.717) is 5.15 Å². The van der Waals surface area contributed by atoms with Crippen molar-refractivity contribution in [1.29, 1.82) is 0 Å². The Kier molecular flexibility index (Phi) is 3.01. The Labute approximate surface area is 88.3 Å². The second-order valence-corrected chi connectivity index (χ2v) is 4.05. The molecule has 4 heteroatoms. The Morgan fingerprint density at radius 1 is 1.57 bits per heavy atom. The fourth-order valence-electron chi connectivity index (χ4n) is 1.71. The van der Waals surface area contributed by atoms with E-state index in [4.69, 9.17) is 11.6 Å². The predicted octanol–water partition coefficient (Wildman–Crippen LogP) is 1.30. The number of β-amino-alcohol motifs (C(OH)–C–C–N with tert-alkyl or cyclic N) is 1. The minimum absolute atomic E-state index is 0.157. The van der Waals surface area contributed by atoms with Crippen LogP contribution in [0.2, 0.25) is 5.15 Å². The predicted molar refractivity (Wildman–Crippen MR) is 55.1 cm³/mol. The third-order valence-corrected chi connectivity index (χ3v) is 2.67.